The van der Waals surface area contributed by atoms with Crippen molar-refractivity contribution in [2.75, 3.05) is 26.4 Å². The second kappa shape index (κ2) is 7.45. The lowest BCUT2D eigenvalue weighted by atomic mass is 9.92. The van der Waals surface area contributed by atoms with Crippen LogP contribution >= 0.6 is 0 Å². The number of hydrogen-bond donors (Lipinski definition) is 2. The molecule has 2 heterocycles. The van der Waals surface area contributed by atoms with Gasteiger partial charge in [-0.3, -0.25) is 9.59 Å². The zero-order chi connectivity index (χ0) is 18.7. The van der Waals surface area contributed by atoms with Crippen molar-refractivity contribution in [2.24, 2.45) is 5.92 Å². The Bertz CT molecular complexity index is 685. The number of nitrogens with zero attached hydrogens (tertiary/aromatic N) is 1. The largest absolute Gasteiger partial charge is 0.466 e. The molecule has 7 nitrogen and oxygen atoms in total. The number of imide groups is 1. The highest BCUT2D eigenvalue weighted by molar-refractivity contribution is 6.07. The molecule has 3 rings (SSSR count). The van der Waals surface area contributed by atoms with Crippen molar-refractivity contribution in [3.8, 4) is 0 Å². The van der Waals surface area contributed by atoms with Crippen molar-refractivity contribution >= 4 is 17.9 Å². The van der Waals surface area contributed by atoms with Crippen LogP contribution in [0.5, 0.6) is 0 Å². The maximum absolute atomic E-state index is 12.9. The second-order valence-electron chi connectivity index (χ2n) is 7.09. The highest BCUT2D eigenvalue weighted by atomic mass is 16.5. The van der Waals surface area contributed by atoms with Gasteiger partial charge in [0.05, 0.1) is 25.6 Å². The van der Waals surface area contributed by atoms with Gasteiger partial charge in [-0.05, 0) is 19.4 Å². The number of carbonyl (C=O) groups is 3. The van der Waals surface area contributed by atoms with Crippen LogP contribution in [0.1, 0.15) is 32.3 Å². The number of hydrogen-bond acceptors (Lipinski definition) is 4. The van der Waals surface area contributed by atoms with Crippen molar-refractivity contribution < 1.29 is 24.0 Å². The van der Waals surface area contributed by atoms with E-state index in [2.05, 4.69) is 5.32 Å². The molecule has 0 spiro atoms. The van der Waals surface area contributed by atoms with Gasteiger partial charge in [0, 0.05) is 12.8 Å². The molecule has 2 fully saturated rings. The molecule has 26 heavy (non-hydrogen) atoms. The zero-order valence-electron chi connectivity index (χ0n) is 15.3. The van der Waals surface area contributed by atoms with Crippen LogP contribution in [-0.2, 0) is 19.9 Å². The van der Waals surface area contributed by atoms with Crippen molar-refractivity contribution in [3.63, 3.8) is 0 Å². The van der Waals surface area contributed by atoms with Gasteiger partial charge in [0.25, 0.3) is 5.91 Å². The van der Waals surface area contributed by atoms with Gasteiger partial charge in [0.2, 0.25) is 0 Å². The number of ether oxygens (including phenoxy) is 1. The van der Waals surface area contributed by atoms with E-state index in [0.29, 0.717) is 26.1 Å². The van der Waals surface area contributed by atoms with Crippen LogP contribution in [0.25, 0.3) is 0 Å². The normalized spacial score (nSPS) is 28.8. The summed E-state index contributed by atoms with van der Waals surface area (Å²) < 4.78 is 5.08. The highest BCUT2D eigenvalue weighted by Crippen LogP contribution is 2.28. The summed E-state index contributed by atoms with van der Waals surface area (Å²) >= 11 is 0. The number of benzene rings is 1. The fraction of sp³-hybridized carbons (Fsp3) is 0.526. The van der Waals surface area contributed by atoms with E-state index in [1.165, 1.54) is 4.90 Å². The van der Waals surface area contributed by atoms with E-state index < -0.39 is 5.54 Å². The first kappa shape index (κ1) is 18.4. The standard InChI is InChI=1S/C19H25N3O4/c1-3-26-16(23)14-9-11-21(12-10-14)13-22-17(24)19(2,20-18(22)25)15-7-5-4-6-8-15/h4-8,14H,3,9-13H2,1-2H3,(H,20,25)/p+1/t19-/m0/s1. The third-order valence-electron chi connectivity index (χ3n) is 5.32. The number of nitrogens with one attached hydrogen (secondary N) is 2. The molecule has 2 aliphatic rings. The number of carbonyl (C=O) groups excluding carboxylic acids is 3. The number of quaternary nitrogens is 1. The topological polar surface area (TPSA) is 80.2 Å². The minimum Gasteiger partial charge on any atom is -0.466 e. The number of rotatable bonds is 5. The van der Waals surface area contributed by atoms with E-state index in [4.69, 9.17) is 4.74 Å². The molecule has 3 amide bonds. The Labute approximate surface area is 153 Å². The van der Waals surface area contributed by atoms with E-state index in [-0.39, 0.29) is 23.8 Å². The van der Waals surface area contributed by atoms with Crippen molar-refractivity contribution in [3.05, 3.63) is 35.9 Å². The van der Waals surface area contributed by atoms with Gasteiger partial charge in [0.15, 0.2) is 6.67 Å². The Balaban J connectivity index is 1.62. The molecule has 1 aromatic carbocycles. The molecule has 0 aliphatic carbocycles. The van der Waals surface area contributed by atoms with Gasteiger partial charge in [-0.2, -0.15) is 0 Å². The number of urea groups is 1. The molecule has 2 saturated heterocycles. The lowest BCUT2D eigenvalue weighted by Crippen LogP contribution is -3.14. The zero-order valence-corrected chi connectivity index (χ0v) is 15.3. The minimum absolute atomic E-state index is 0.0728. The number of piperidine rings is 1. The molecule has 7 heteroatoms. The third-order valence-corrected chi connectivity index (χ3v) is 5.32. The Morgan fingerprint density at radius 3 is 2.54 bits per heavy atom. The van der Waals surface area contributed by atoms with Crippen LogP contribution in [-0.4, -0.2) is 49.2 Å². The maximum atomic E-state index is 12.9. The fourth-order valence-electron chi connectivity index (χ4n) is 3.71. The molecular weight excluding hydrogens is 334 g/mol. The fourth-order valence-corrected chi connectivity index (χ4v) is 3.71. The molecule has 2 N–H and O–H groups in total. The van der Waals surface area contributed by atoms with E-state index in [1.807, 2.05) is 30.3 Å². The predicted molar refractivity (Wildman–Crippen MR) is 94.1 cm³/mol. The summed E-state index contributed by atoms with van der Waals surface area (Å²) in [5.74, 6) is -0.441. The predicted octanol–water partition coefficient (Wildman–Crippen LogP) is 0.269. The Kier molecular flexibility index (Phi) is 5.27. The van der Waals surface area contributed by atoms with Crippen molar-refractivity contribution in [2.45, 2.75) is 32.2 Å². The van der Waals surface area contributed by atoms with Crippen LogP contribution < -0.4 is 10.2 Å². The van der Waals surface area contributed by atoms with Gasteiger partial charge in [-0.15, -0.1) is 0 Å². The van der Waals surface area contributed by atoms with Crippen LogP contribution in [0.2, 0.25) is 0 Å². The molecular formula is C19H26N3O4+. The average Bonchev–Trinajstić information content (AvgIpc) is 2.87. The Morgan fingerprint density at radius 2 is 1.92 bits per heavy atom. The van der Waals surface area contributed by atoms with E-state index >= 15 is 0 Å². The molecule has 0 unspecified atom stereocenters. The third kappa shape index (κ3) is 3.44. The Hall–Kier alpha value is -2.41. The van der Waals surface area contributed by atoms with E-state index in [0.717, 1.165) is 23.6 Å². The van der Waals surface area contributed by atoms with Gasteiger partial charge >= 0.3 is 12.0 Å². The molecule has 0 radical (unpaired) electrons. The van der Waals surface area contributed by atoms with Gasteiger partial charge in [-0.25, -0.2) is 9.69 Å². The summed E-state index contributed by atoms with van der Waals surface area (Å²) in [6.07, 6.45) is 1.43. The number of amides is 3. The van der Waals surface area contributed by atoms with Crippen molar-refractivity contribution in [1.82, 2.24) is 10.2 Å². The summed E-state index contributed by atoms with van der Waals surface area (Å²) in [6, 6.07) is 8.92. The van der Waals surface area contributed by atoms with Crippen LogP contribution in [0, 0.1) is 5.92 Å². The summed E-state index contributed by atoms with van der Waals surface area (Å²) in [5, 5.41) is 2.83. The van der Waals surface area contributed by atoms with E-state index in [9.17, 15) is 14.4 Å². The quantitative estimate of drug-likeness (QED) is 0.583. The molecule has 0 saturated carbocycles. The lowest BCUT2D eigenvalue weighted by molar-refractivity contribution is -0.913. The van der Waals surface area contributed by atoms with Crippen molar-refractivity contribution in [1.29, 1.82) is 0 Å². The van der Waals surface area contributed by atoms with Crippen LogP contribution in [0.15, 0.2) is 30.3 Å². The van der Waals surface area contributed by atoms with E-state index in [1.54, 1.807) is 13.8 Å². The summed E-state index contributed by atoms with van der Waals surface area (Å²) in [5.41, 5.74) is -0.252. The molecule has 0 bridgehead atoms. The molecule has 1 atom stereocenters. The van der Waals surface area contributed by atoms with Crippen LogP contribution in [0.4, 0.5) is 4.79 Å². The smallest absolute Gasteiger partial charge is 0.329 e. The molecule has 0 aromatic heterocycles. The minimum atomic E-state index is -1.03. The van der Waals surface area contributed by atoms with Gasteiger partial charge < -0.3 is 15.0 Å². The monoisotopic (exact) mass is 360 g/mol. The molecule has 2 aliphatic heterocycles. The summed E-state index contributed by atoms with van der Waals surface area (Å²) in [6.45, 7) is 5.74. The maximum Gasteiger partial charge on any atom is 0.329 e. The first-order valence-corrected chi connectivity index (χ1v) is 9.15. The average molecular weight is 360 g/mol. The summed E-state index contributed by atoms with van der Waals surface area (Å²) in [7, 11) is 0. The lowest BCUT2D eigenvalue weighted by Gasteiger charge is -2.30. The number of likely N-dealkylation sites (tertiary alicyclic amines) is 1. The highest BCUT2D eigenvalue weighted by Gasteiger charge is 2.50. The van der Waals surface area contributed by atoms with Gasteiger partial charge in [-0.1, -0.05) is 30.3 Å². The molecule has 140 valence electrons. The van der Waals surface area contributed by atoms with Gasteiger partial charge in [0.1, 0.15) is 5.54 Å². The SMILES string of the molecule is CCOC(=O)C1CC[NH+](CN2C(=O)N[C@@](C)(c3ccccc3)C2=O)CC1. The summed E-state index contributed by atoms with van der Waals surface area (Å²) in [4.78, 5) is 39.6. The first-order chi connectivity index (χ1) is 12.5. The first-order valence-electron chi connectivity index (χ1n) is 9.15. The second-order valence-corrected chi connectivity index (χ2v) is 7.09. The number of esters is 1. The molecule has 1 aromatic rings. The Morgan fingerprint density at radius 1 is 1.27 bits per heavy atom. The van der Waals surface area contributed by atoms with Crippen LogP contribution in [0.3, 0.4) is 0 Å².